The van der Waals surface area contributed by atoms with E-state index < -0.39 is 0 Å². The fourth-order valence-electron chi connectivity index (χ4n) is 3.78. The van der Waals surface area contributed by atoms with Crippen molar-refractivity contribution < 1.29 is 9.53 Å². The van der Waals surface area contributed by atoms with E-state index in [1.165, 1.54) is 11.1 Å². The van der Waals surface area contributed by atoms with Crippen molar-refractivity contribution in [3.05, 3.63) is 70.9 Å². The maximum Gasteiger partial charge on any atom is 0.253 e. The molecule has 0 unspecified atom stereocenters. The van der Waals surface area contributed by atoms with E-state index in [0.29, 0.717) is 12.1 Å². The third-order valence-electron chi connectivity index (χ3n) is 5.38. The summed E-state index contributed by atoms with van der Waals surface area (Å²) in [5.41, 5.74) is 5.05. The molecular weight excluding hydrogens is 350 g/mol. The maximum absolute atomic E-state index is 12.7. The lowest BCUT2D eigenvalue weighted by molar-refractivity contribution is 0.0946. The van der Waals surface area contributed by atoms with Gasteiger partial charge >= 0.3 is 0 Å². The summed E-state index contributed by atoms with van der Waals surface area (Å²) in [5.74, 6) is 0.682. The van der Waals surface area contributed by atoms with Gasteiger partial charge in [-0.15, -0.1) is 0 Å². The Bertz CT molecular complexity index is 1020. The van der Waals surface area contributed by atoms with E-state index in [4.69, 9.17) is 4.74 Å². The van der Waals surface area contributed by atoms with Crippen molar-refractivity contribution in [3.8, 4) is 5.75 Å². The van der Waals surface area contributed by atoms with E-state index >= 15 is 0 Å². The van der Waals surface area contributed by atoms with E-state index in [1.807, 2.05) is 31.2 Å². The number of rotatable bonds is 5. The molecule has 1 amide bonds. The monoisotopic (exact) mass is 375 g/mol. The molecule has 0 saturated heterocycles. The van der Waals surface area contributed by atoms with Gasteiger partial charge in [-0.2, -0.15) is 0 Å². The van der Waals surface area contributed by atoms with E-state index in [0.717, 1.165) is 48.4 Å². The fraction of sp³-hybridized carbons (Fsp3) is 0.304. The summed E-state index contributed by atoms with van der Waals surface area (Å²) in [4.78, 5) is 19.7. The Kier molecular flexibility index (Phi) is 5.26. The van der Waals surface area contributed by atoms with Crippen molar-refractivity contribution in [2.75, 3.05) is 26.7 Å². The van der Waals surface area contributed by atoms with Crippen LogP contribution in [0.5, 0.6) is 5.75 Å². The molecule has 1 aliphatic heterocycles. The molecule has 0 fully saturated rings. The minimum absolute atomic E-state index is 0.0767. The highest BCUT2D eigenvalue weighted by Crippen LogP contribution is 2.22. The molecule has 5 nitrogen and oxygen atoms in total. The second-order valence-corrected chi connectivity index (χ2v) is 7.23. The van der Waals surface area contributed by atoms with Crippen LogP contribution in [0, 0.1) is 6.92 Å². The Morgan fingerprint density at radius 3 is 2.82 bits per heavy atom. The summed E-state index contributed by atoms with van der Waals surface area (Å²) < 4.78 is 5.28. The average molecular weight is 375 g/mol. The zero-order valence-electron chi connectivity index (χ0n) is 16.4. The smallest absolute Gasteiger partial charge is 0.253 e. The average Bonchev–Trinajstić information content (AvgIpc) is 2.72. The number of pyridine rings is 1. The summed E-state index contributed by atoms with van der Waals surface area (Å²) in [6.45, 7) is 5.32. The van der Waals surface area contributed by atoms with Crippen LogP contribution >= 0.6 is 0 Å². The first-order valence-electron chi connectivity index (χ1n) is 9.67. The Labute approximate surface area is 165 Å². The van der Waals surface area contributed by atoms with Crippen LogP contribution in [0.25, 0.3) is 10.9 Å². The molecule has 0 aliphatic carbocycles. The number of hydrogen-bond acceptors (Lipinski definition) is 4. The Hall–Kier alpha value is -2.92. The number of aromatic nitrogens is 1. The zero-order valence-corrected chi connectivity index (χ0v) is 16.4. The zero-order chi connectivity index (χ0) is 19.5. The van der Waals surface area contributed by atoms with E-state index in [2.05, 4.69) is 39.5 Å². The largest absolute Gasteiger partial charge is 0.497 e. The molecule has 4 rings (SSSR count). The van der Waals surface area contributed by atoms with Crippen molar-refractivity contribution in [1.82, 2.24) is 15.2 Å². The minimum Gasteiger partial charge on any atom is -0.497 e. The van der Waals surface area contributed by atoms with Crippen LogP contribution in [0.15, 0.2) is 48.5 Å². The molecule has 0 spiro atoms. The van der Waals surface area contributed by atoms with Crippen molar-refractivity contribution in [3.63, 3.8) is 0 Å². The second-order valence-electron chi connectivity index (χ2n) is 7.23. The number of hydrogen-bond donors (Lipinski definition) is 1. The summed E-state index contributed by atoms with van der Waals surface area (Å²) >= 11 is 0. The molecule has 1 N–H and O–H groups in total. The Morgan fingerprint density at radius 1 is 1.18 bits per heavy atom. The van der Waals surface area contributed by atoms with Crippen molar-refractivity contribution in [2.24, 2.45) is 0 Å². The number of benzene rings is 2. The summed E-state index contributed by atoms with van der Waals surface area (Å²) in [7, 11) is 1.63. The summed E-state index contributed by atoms with van der Waals surface area (Å²) in [6.07, 6.45) is 1.07. The summed E-state index contributed by atoms with van der Waals surface area (Å²) in [6, 6.07) is 16.2. The Balaban J connectivity index is 1.39. The second kappa shape index (κ2) is 7.98. The number of carbonyl (C=O) groups is 1. The van der Waals surface area contributed by atoms with Gasteiger partial charge in [0, 0.05) is 31.6 Å². The molecule has 2 heterocycles. The lowest BCUT2D eigenvalue weighted by Crippen LogP contribution is -2.38. The van der Waals surface area contributed by atoms with Gasteiger partial charge in [0.05, 0.1) is 23.9 Å². The van der Waals surface area contributed by atoms with Gasteiger partial charge in [-0.1, -0.05) is 24.3 Å². The number of ether oxygens (including phenoxy) is 1. The topological polar surface area (TPSA) is 54.5 Å². The molecule has 3 aromatic rings. The van der Waals surface area contributed by atoms with E-state index in [9.17, 15) is 4.79 Å². The molecule has 2 aromatic carbocycles. The van der Waals surface area contributed by atoms with Gasteiger partial charge < -0.3 is 10.1 Å². The van der Waals surface area contributed by atoms with Gasteiger partial charge in [-0.05, 0) is 48.7 Å². The Morgan fingerprint density at radius 2 is 2.00 bits per heavy atom. The predicted octanol–water partition coefficient (Wildman–Crippen LogP) is 3.34. The van der Waals surface area contributed by atoms with Gasteiger partial charge in [-0.25, -0.2) is 0 Å². The molecule has 144 valence electrons. The molecule has 1 aromatic heterocycles. The number of methoxy groups -OCH3 is 1. The standard InChI is InChI=1S/C23H25N3O2/c1-16-21(14-19-13-20(28-2)7-8-22(19)25-16)23(27)24-10-12-26-11-9-17-5-3-4-6-18(17)15-26/h3-8,13-14H,9-12,15H2,1-2H3,(H,24,27). The highest BCUT2D eigenvalue weighted by atomic mass is 16.5. The number of amides is 1. The fourth-order valence-corrected chi connectivity index (χ4v) is 3.78. The van der Waals surface area contributed by atoms with Crippen molar-refractivity contribution in [1.29, 1.82) is 0 Å². The number of aryl methyl sites for hydroxylation is 1. The highest BCUT2D eigenvalue weighted by Gasteiger charge is 2.16. The molecule has 5 heteroatoms. The first-order chi connectivity index (χ1) is 13.6. The molecule has 28 heavy (non-hydrogen) atoms. The predicted molar refractivity (Wildman–Crippen MR) is 111 cm³/mol. The van der Waals surface area contributed by atoms with Crippen molar-refractivity contribution in [2.45, 2.75) is 19.9 Å². The maximum atomic E-state index is 12.7. The van der Waals surface area contributed by atoms with Gasteiger partial charge in [0.25, 0.3) is 5.91 Å². The SMILES string of the molecule is COc1ccc2nc(C)c(C(=O)NCCN3CCc4ccccc4C3)cc2c1. The van der Waals surface area contributed by atoms with Crippen LogP contribution in [0.4, 0.5) is 0 Å². The first kappa shape index (κ1) is 18.4. The molecule has 0 bridgehead atoms. The van der Waals surface area contributed by atoms with Gasteiger partial charge in [0.2, 0.25) is 0 Å². The molecule has 0 saturated carbocycles. The lowest BCUT2D eigenvalue weighted by atomic mass is 10.00. The highest BCUT2D eigenvalue weighted by molar-refractivity contribution is 5.98. The molecular formula is C23H25N3O2. The number of nitrogens with one attached hydrogen (secondary N) is 1. The van der Waals surface area contributed by atoms with Crippen molar-refractivity contribution >= 4 is 16.8 Å². The minimum atomic E-state index is -0.0767. The van der Waals surface area contributed by atoms with E-state index in [-0.39, 0.29) is 5.91 Å². The van der Waals surface area contributed by atoms with E-state index in [1.54, 1.807) is 7.11 Å². The van der Waals surface area contributed by atoms with Gasteiger partial charge in [0.15, 0.2) is 0 Å². The van der Waals surface area contributed by atoms with Crippen LogP contribution in [0.1, 0.15) is 27.2 Å². The third kappa shape index (κ3) is 3.85. The molecule has 1 aliphatic rings. The number of carbonyl (C=O) groups excluding carboxylic acids is 1. The summed E-state index contributed by atoms with van der Waals surface area (Å²) in [5, 5.41) is 3.96. The van der Waals surface area contributed by atoms with Crippen LogP contribution in [-0.2, 0) is 13.0 Å². The van der Waals surface area contributed by atoms with Gasteiger partial charge in [0.1, 0.15) is 5.75 Å². The quantitative estimate of drug-likeness (QED) is 0.743. The van der Waals surface area contributed by atoms with Crippen LogP contribution in [0.2, 0.25) is 0 Å². The van der Waals surface area contributed by atoms with Crippen LogP contribution in [-0.4, -0.2) is 42.5 Å². The first-order valence-corrected chi connectivity index (χ1v) is 9.67. The number of nitrogens with zero attached hydrogens (tertiary/aromatic N) is 2. The lowest BCUT2D eigenvalue weighted by Gasteiger charge is -2.28. The number of fused-ring (bicyclic) bond motifs is 2. The molecule has 0 atom stereocenters. The normalized spacial score (nSPS) is 13.9. The van der Waals surface area contributed by atoms with Crippen LogP contribution in [0.3, 0.4) is 0 Å². The third-order valence-corrected chi connectivity index (χ3v) is 5.38. The van der Waals surface area contributed by atoms with Crippen LogP contribution < -0.4 is 10.1 Å². The molecule has 0 radical (unpaired) electrons. The van der Waals surface area contributed by atoms with Gasteiger partial charge in [-0.3, -0.25) is 14.7 Å².